The molecule has 0 aliphatic heterocycles. The summed E-state index contributed by atoms with van der Waals surface area (Å²) in [5.74, 6) is -2.27. The molecule has 1 N–H and O–H groups in total. The Morgan fingerprint density at radius 2 is 1.62 bits per heavy atom. The Kier molecular flexibility index (Phi) is 4.88. The molecule has 2 aliphatic rings. The first-order valence-corrected chi connectivity index (χ1v) is 8.65. The Morgan fingerprint density at radius 1 is 1.04 bits per heavy atom. The van der Waals surface area contributed by atoms with Crippen molar-refractivity contribution in [3.05, 3.63) is 12.2 Å². The second-order valence-electron chi connectivity index (χ2n) is 9.10. The third kappa shape index (κ3) is 3.51. The second kappa shape index (κ2) is 6.17. The first kappa shape index (κ1) is 19.0. The van der Waals surface area contributed by atoms with Crippen LogP contribution in [0.1, 0.15) is 60.8 Å². The zero-order chi connectivity index (χ0) is 18.3. The van der Waals surface area contributed by atoms with Gasteiger partial charge in [0, 0.05) is 16.7 Å². The number of fused-ring (bicyclic) bond motifs is 2. The lowest BCUT2D eigenvalue weighted by molar-refractivity contribution is -0.338. The summed E-state index contributed by atoms with van der Waals surface area (Å²) >= 11 is 0. The highest BCUT2D eigenvalue weighted by atomic mass is 16.7. The lowest BCUT2D eigenvalue weighted by Gasteiger charge is -2.52. The number of allylic oxidation sites excluding steroid dienone is 1. The number of carboxylic acids is 1. The van der Waals surface area contributed by atoms with Gasteiger partial charge in [0.15, 0.2) is 0 Å². The van der Waals surface area contributed by atoms with Gasteiger partial charge in [0.1, 0.15) is 6.42 Å². The minimum atomic E-state index is -1.20. The number of rotatable bonds is 5. The normalized spacial score (nSPS) is 26.7. The van der Waals surface area contributed by atoms with Gasteiger partial charge in [-0.05, 0) is 18.8 Å². The molecule has 0 amide bonds. The maximum absolute atomic E-state index is 12.2. The van der Waals surface area contributed by atoms with Crippen molar-refractivity contribution >= 4 is 11.9 Å². The largest absolute Gasteiger partial charge is 0.481 e. The molecule has 1 saturated carbocycles. The quantitative estimate of drug-likeness (QED) is 0.357. The number of esters is 1. The fraction of sp³-hybridized carbons (Fsp3) is 0.789. The highest BCUT2D eigenvalue weighted by Crippen LogP contribution is 2.52. The number of carbonyl (C=O) groups is 2. The molecule has 2 aliphatic carbocycles. The van der Waals surface area contributed by atoms with Gasteiger partial charge in [-0.1, -0.05) is 53.7 Å². The smallest absolute Gasteiger partial charge is 0.319 e. The highest BCUT2D eigenvalue weighted by molar-refractivity contribution is 5.90. The van der Waals surface area contributed by atoms with Gasteiger partial charge in [-0.25, -0.2) is 0 Å². The summed E-state index contributed by atoms with van der Waals surface area (Å²) in [5.41, 5.74) is -1.02. The van der Waals surface area contributed by atoms with Crippen molar-refractivity contribution in [2.24, 2.45) is 22.7 Å². The van der Waals surface area contributed by atoms with E-state index in [2.05, 4.69) is 12.2 Å². The van der Waals surface area contributed by atoms with E-state index in [0.717, 1.165) is 12.8 Å². The topological polar surface area (TPSA) is 72.8 Å². The standard InChI is InChI=1S/C19H30O5/c1-17(2,3)19(18(4,5)6,24-16(22)11-15(20)21)23-14-10-12-7-8-13(14)9-12/h7-8,12-14H,9-11H2,1-6H3,(H,20,21). The van der Waals surface area contributed by atoms with Gasteiger partial charge in [0.25, 0.3) is 0 Å². The van der Waals surface area contributed by atoms with E-state index in [1.165, 1.54) is 0 Å². The molecular weight excluding hydrogens is 308 g/mol. The summed E-state index contributed by atoms with van der Waals surface area (Å²) in [6.45, 7) is 11.8. The third-order valence-corrected chi connectivity index (χ3v) is 5.06. The van der Waals surface area contributed by atoms with Gasteiger partial charge in [-0.15, -0.1) is 0 Å². The van der Waals surface area contributed by atoms with Crippen molar-refractivity contribution in [2.45, 2.75) is 72.7 Å². The van der Waals surface area contributed by atoms with Crippen molar-refractivity contribution in [1.29, 1.82) is 0 Å². The predicted octanol–water partition coefficient (Wildman–Crippen LogP) is 3.77. The first-order valence-electron chi connectivity index (χ1n) is 8.65. The molecule has 136 valence electrons. The molecule has 0 heterocycles. The lowest BCUT2D eigenvalue weighted by Crippen LogP contribution is -2.60. The maximum Gasteiger partial charge on any atom is 0.319 e. The molecule has 0 aromatic heterocycles. The number of aliphatic carboxylic acids is 1. The molecule has 0 radical (unpaired) electrons. The minimum Gasteiger partial charge on any atom is -0.481 e. The fourth-order valence-corrected chi connectivity index (χ4v) is 4.21. The Hall–Kier alpha value is -1.36. The van der Waals surface area contributed by atoms with Crippen molar-refractivity contribution in [3.63, 3.8) is 0 Å². The molecule has 2 rings (SSSR count). The Bertz CT molecular complexity index is 521. The van der Waals surface area contributed by atoms with Crippen LogP contribution in [0.2, 0.25) is 0 Å². The fourth-order valence-electron chi connectivity index (χ4n) is 4.21. The summed E-state index contributed by atoms with van der Waals surface area (Å²) in [4.78, 5) is 23.1. The average Bonchev–Trinajstić information content (AvgIpc) is 2.96. The Labute approximate surface area is 144 Å². The van der Waals surface area contributed by atoms with Crippen LogP contribution < -0.4 is 0 Å². The molecule has 5 nitrogen and oxygen atoms in total. The van der Waals surface area contributed by atoms with Crippen molar-refractivity contribution in [2.75, 3.05) is 0 Å². The van der Waals surface area contributed by atoms with Crippen LogP contribution in [0.4, 0.5) is 0 Å². The van der Waals surface area contributed by atoms with E-state index in [1.807, 2.05) is 41.5 Å². The van der Waals surface area contributed by atoms with Crippen LogP contribution in [0.15, 0.2) is 12.2 Å². The van der Waals surface area contributed by atoms with Crippen molar-refractivity contribution < 1.29 is 24.2 Å². The van der Waals surface area contributed by atoms with E-state index in [1.54, 1.807) is 0 Å². The van der Waals surface area contributed by atoms with Crippen molar-refractivity contribution in [1.82, 2.24) is 0 Å². The molecule has 5 heteroatoms. The van der Waals surface area contributed by atoms with Crippen LogP contribution in [0.3, 0.4) is 0 Å². The van der Waals surface area contributed by atoms with Gasteiger partial charge in [0.05, 0.1) is 6.10 Å². The van der Waals surface area contributed by atoms with E-state index in [9.17, 15) is 9.59 Å². The van der Waals surface area contributed by atoms with Crippen LogP contribution in [0.5, 0.6) is 0 Å². The second-order valence-corrected chi connectivity index (χ2v) is 9.10. The molecule has 24 heavy (non-hydrogen) atoms. The van der Waals surface area contributed by atoms with Gasteiger partial charge < -0.3 is 14.6 Å². The minimum absolute atomic E-state index is 0.00363. The van der Waals surface area contributed by atoms with Gasteiger partial charge in [-0.2, -0.15) is 0 Å². The van der Waals surface area contributed by atoms with Crippen LogP contribution in [-0.4, -0.2) is 28.9 Å². The van der Waals surface area contributed by atoms with Gasteiger partial charge >= 0.3 is 11.9 Å². The van der Waals surface area contributed by atoms with E-state index in [-0.39, 0.29) is 6.10 Å². The van der Waals surface area contributed by atoms with E-state index in [4.69, 9.17) is 14.6 Å². The summed E-state index contributed by atoms with van der Waals surface area (Å²) in [7, 11) is 0. The van der Waals surface area contributed by atoms with Gasteiger partial charge in [-0.3, -0.25) is 9.59 Å². The molecule has 0 aromatic rings. The third-order valence-electron chi connectivity index (χ3n) is 5.06. The Morgan fingerprint density at radius 3 is 2.00 bits per heavy atom. The highest BCUT2D eigenvalue weighted by Gasteiger charge is 2.58. The number of ether oxygens (including phenoxy) is 2. The number of hydrogen-bond donors (Lipinski definition) is 1. The SMILES string of the molecule is CC(C)(C)C(OC(=O)CC(=O)O)(OC1CC2C=CC1C2)C(C)(C)C. The number of hydrogen-bond acceptors (Lipinski definition) is 4. The molecular formula is C19H30O5. The molecule has 3 atom stereocenters. The number of carboxylic acid groups (broad SMARTS) is 1. The maximum atomic E-state index is 12.2. The summed E-state index contributed by atoms with van der Waals surface area (Å²) in [6, 6.07) is 0. The molecule has 3 unspecified atom stereocenters. The molecule has 0 spiro atoms. The zero-order valence-electron chi connectivity index (χ0n) is 15.6. The van der Waals surface area contributed by atoms with E-state index in [0.29, 0.717) is 11.8 Å². The molecule has 0 aromatic carbocycles. The molecule has 1 fully saturated rings. The van der Waals surface area contributed by atoms with E-state index < -0.39 is 35.0 Å². The average molecular weight is 338 g/mol. The van der Waals surface area contributed by atoms with Gasteiger partial charge in [0.2, 0.25) is 5.79 Å². The molecule has 0 saturated heterocycles. The summed E-state index contributed by atoms with van der Waals surface area (Å²) < 4.78 is 12.3. The monoisotopic (exact) mass is 338 g/mol. The number of carbonyl (C=O) groups excluding carboxylic acids is 1. The van der Waals surface area contributed by atoms with Crippen molar-refractivity contribution in [3.8, 4) is 0 Å². The van der Waals surface area contributed by atoms with Crippen LogP contribution in [0.25, 0.3) is 0 Å². The van der Waals surface area contributed by atoms with Crippen LogP contribution in [-0.2, 0) is 19.1 Å². The lowest BCUT2D eigenvalue weighted by atomic mass is 9.70. The first-order chi connectivity index (χ1) is 10.9. The summed E-state index contributed by atoms with van der Waals surface area (Å²) in [6.07, 6.45) is 5.76. The molecule has 2 bridgehead atoms. The Balaban J connectivity index is 2.33. The predicted molar refractivity (Wildman–Crippen MR) is 90.2 cm³/mol. The van der Waals surface area contributed by atoms with Crippen LogP contribution in [0, 0.1) is 22.7 Å². The zero-order valence-corrected chi connectivity index (χ0v) is 15.6. The summed E-state index contributed by atoms with van der Waals surface area (Å²) in [5, 5.41) is 8.91. The van der Waals surface area contributed by atoms with Crippen LogP contribution >= 0.6 is 0 Å². The van der Waals surface area contributed by atoms with E-state index >= 15 is 0 Å².